The van der Waals surface area contributed by atoms with E-state index in [0.717, 1.165) is 11.0 Å². The molecule has 3 aromatic rings. The van der Waals surface area contributed by atoms with Crippen molar-refractivity contribution < 1.29 is 23.5 Å². The number of esters is 1. The molecule has 1 heterocycles. The van der Waals surface area contributed by atoms with E-state index in [2.05, 4.69) is 10.1 Å². The van der Waals surface area contributed by atoms with Gasteiger partial charge in [-0.2, -0.15) is 0 Å². The molecule has 0 atom stereocenters. The number of nitrogens with one attached hydrogen (secondary N) is 1. The molecule has 0 radical (unpaired) electrons. The van der Waals surface area contributed by atoms with E-state index in [9.17, 15) is 9.59 Å². The molecule has 2 aromatic carbocycles. The summed E-state index contributed by atoms with van der Waals surface area (Å²) in [6, 6.07) is 15.8. The van der Waals surface area contributed by atoms with Crippen molar-refractivity contribution in [1.29, 1.82) is 0 Å². The molecule has 6 nitrogen and oxygen atoms in total. The summed E-state index contributed by atoms with van der Waals surface area (Å²) >= 11 is 0. The first-order chi connectivity index (χ1) is 11.7. The summed E-state index contributed by atoms with van der Waals surface area (Å²) in [5.41, 5.74) is 1.51. The van der Waals surface area contributed by atoms with Crippen LogP contribution in [0.3, 0.4) is 0 Å². The molecule has 0 saturated heterocycles. The summed E-state index contributed by atoms with van der Waals surface area (Å²) in [5.74, 6) is 0.0531. The number of anilines is 1. The molecular weight excluding hydrogens is 310 g/mol. The smallest absolute Gasteiger partial charge is 0.411 e. The summed E-state index contributed by atoms with van der Waals surface area (Å²) in [4.78, 5) is 23.3. The molecule has 0 bridgehead atoms. The van der Waals surface area contributed by atoms with Crippen molar-refractivity contribution in [2.75, 3.05) is 12.4 Å². The lowest BCUT2D eigenvalue weighted by Crippen LogP contribution is -2.12. The van der Waals surface area contributed by atoms with Crippen molar-refractivity contribution in [2.45, 2.75) is 6.61 Å². The second-order valence-electron chi connectivity index (χ2n) is 5.02. The van der Waals surface area contributed by atoms with Crippen molar-refractivity contribution in [1.82, 2.24) is 0 Å². The van der Waals surface area contributed by atoms with E-state index in [4.69, 9.17) is 9.15 Å². The Balaban J connectivity index is 1.66. The Kier molecular flexibility index (Phi) is 4.47. The molecule has 1 N–H and O–H groups in total. The van der Waals surface area contributed by atoms with Crippen LogP contribution in [0.5, 0.6) is 0 Å². The van der Waals surface area contributed by atoms with E-state index in [1.807, 2.05) is 30.3 Å². The van der Waals surface area contributed by atoms with Crippen LogP contribution in [0.4, 0.5) is 10.5 Å². The van der Waals surface area contributed by atoms with Gasteiger partial charge in [0.15, 0.2) is 0 Å². The Hall–Kier alpha value is -3.28. The minimum Gasteiger partial charge on any atom is -0.457 e. The van der Waals surface area contributed by atoms with Crippen molar-refractivity contribution >= 4 is 28.7 Å². The Morgan fingerprint density at radius 3 is 2.71 bits per heavy atom. The van der Waals surface area contributed by atoms with E-state index >= 15 is 0 Å². The second-order valence-corrected chi connectivity index (χ2v) is 5.02. The van der Waals surface area contributed by atoms with Crippen molar-refractivity contribution in [3.8, 4) is 0 Å². The highest BCUT2D eigenvalue weighted by molar-refractivity contribution is 5.92. The third-order valence-corrected chi connectivity index (χ3v) is 3.35. The van der Waals surface area contributed by atoms with Crippen molar-refractivity contribution in [2.24, 2.45) is 0 Å². The number of rotatable bonds is 4. The van der Waals surface area contributed by atoms with E-state index in [1.165, 1.54) is 13.2 Å². The maximum Gasteiger partial charge on any atom is 0.411 e. The maximum atomic E-state index is 12.1. The van der Waals surface area contributed by atoms with Crippen LogP contribution in [-0.4, -0.2) is 19.2 Å². The molecule has 0 spiro atoms. The van der Waals surface area contributed by atoms with Crippen molar-refractivity contribution in [3.05, 3.63) is 65.9 Å². The molecule has 24 heavy (non-hydrogen) atoms. The number of benzene rings is 2. The van der Waals surface area contributed by atoms with Gasteiger partial charge in [0.1, 0.15) is 18.0 Å². The molecule has 122 valence electrons. The second kappa shape index (κ2) is 6.87. The van der Waals surface area contributed by atoms with Crippen LogP contribution < -0.4 is 5.32 Å². The van der Waals surface area contributed by atoms with Gasteiger partial charge in [-0.25, -0.2) is 9.59 Å². The molecule has 6 heteroatoms. The molecule has 3 rings (SSSR count). The standard InChI is InChI=1S/C18H15NO5/c1-22-18(21)19-14-7-4-6-13(9-14)17(20)23-11-15-10-12-5-2-3-8-16(12)24-15/h2-10H,11H2,1H3,(H,19,21). The van der Waals surface area contributed by atoms with E-state index in [1.54, 1.807) is 18.2 Å². The first kappa shape index (κ1) is 15.6. The molecule has 0 aliphatic carbocycles. The van der Waals surface area contributed by atoms with Gasteiger partial charge < -0.3 is 13.9 Å². The van der Waals surface area contributed by atoms with E-state index in [0.29, 0.717) is 17.0 Å². The minimum atomic E-state index is -0.609. The molecule has 0 unspecified atom stereocenters. The number of carbonyl (C=O) groups excluding carboxylic acids is 2. The highest BCUT2D eigenvalue weighted by atomic mass is 16.5. The van der Waals surface area contributed by atoms with Crippen LogP contribution in [0.2, 0.25) is 0 Å². The molecule has 0 fully saturated rings. The monoisotopic (exact) mass is 325 g/mol. The fraction of sp³-hybridized carbons (Fsp3) is 0.111. The average molecular weight is 325 g/mol. The number of amides is 1. The lowest BCUT2D eigenvalue weighted by molar-refractivity contribution is 0.0447. The van der Waals surface area contributed by atoms with Gasteiger partial charge in [-0.3, -0.25) is 5.32 Å². The Morgan fingerprint density at radius 2 is 1.92 bits per heavy atom. The topological polar surface area (TPSA) is 77.8 Å². The van der Waals surface area contributed by atoms with Crippen LogP contribution in [0.1, 0.15) is 16.1 Å². The van der Waals surface area contributed by atoms with Crippen LogP contribution in [0.15, 0.2) is 59.0 Å². The molecular formula is C18H15NO5. The summed E-state index contributed by atoms with van der Waals surface area (Å²) in [6.07, 6.45) is -0.609. The number of fused-ring (bicyclic) bond motifs is 1. The predicted octanol–water partition coefficient (Wildman–Crippen LogP) is 3.97. The zero-order valence-corrected chi connectivity index (χ0v) is 12.9. The van der Waals surface area contributed by atoms with E-state index in [-0.39, 0.29) is 6.61 Å². The Labute approximate surface area is 138 Å². The predicted molar refractivity (Wildman–Crippen MR) is 87.8 cm³/mol. The SMILES string of the molecule is COC(=O)Nc1cccc(C(=O)OCc2cc3ccccc3o2)c1. The molecule has 0 aliphatic heterocycles. The Bertz CT molecular complexity index is 851. The van der Waals surface area contributed by atoms with Crippen molar-refractivity contribution in [3.63, 3.8) is 0 Å². The zero-order valence-electron chi connectivity index (χ0n) is 12.9. The highest BCUT2D eigenvalue weighted by Crippen LogP contribution is 2.20. The quantitative estimate of drug-likeness (QED) is 0.734. The van der Waals surface area contributed by atoms with Gasteiger partial charge in [0, 0.05) is 11.1 Å². The number of carbonyl (C=O) groups is 2. The summed E-state index contributed by atoms with van der Waals surface area (Å²) in [5, 5.41) is 3.44. The zero-order chi connectivity index (χ0) is 16.9. The number of methoxy groups -OCH3 is 1. The number of furan rings is 1. The van der Waals surface area contributed by atoms with Gasteiger partial charge in [-0.15, -0.1) is 0 Å². The first-order valence-electron chi connectivity index (χ1n) is 7.25. The van der Waals surface area contributed by atoms with Gasteiger partial charge in [-0.1, -0.05) is 24.3 Å². The Morgan fingerprint density at radius 1 is 1.08 bits per heavy atom. The normalized spacial score (nSPS) is 10.4. The molecule has 1 amide bonds. The van der Waals surface area contributed by atoms with Gasteiger partial charge in [0.25, 0.3) is 0 Å². The summed E-state index contributed by atoms with van der Waals surface area (Å²) in [7, 11) is 1.26. The third kappa shape index (κ3) is 3.55. The minimum absolute atomic E-state index is 0.0299. The van der Waals surface area contributed by atoms with Crippen LogP contribution in [-0.2, 0) is 16.1 Å². The molecule has 0 saturated carbocycles. The number of hydrogen-bond donors (Lipinski definition) is 1. The maximum absolute atomic E-state index is 12.1. The number of para-hydroxylation sites is 1. The van der Waals surface area contributed by atoms with Crippen LogP contribution in [0, 0.1) is 0 Å². The first-order valence-corrected chi connectivity index (χ1v) is 7.25. The highest BCUT2D eigenvalue weighted by Gasteiger charge is 2.11. The third-order valence-electron chi connectivity index (χ3n) is 3.35. The number of hydrogen-bond acceptors (Lipinski definition) is 5. The lowest BCUT2D eigenvalue weighted by atomic mass is 10.2. The van der Waals surface area contributed by atoms with Gasteiger partial charge in [0.2, 0.25) is 0 Å². The lowest BCUT2D eigenvalue weighted by Gasteiger charge is -2.06. The average Bonchev–Trinajstić information content (AvgIpc) is 3.02. The molecule has 0 aliphatic rings. The van der Waals surface area contributed by atoms with Gasteiger partial charge in [0.05, 0.1) is 12.7 Å². The van der Waals surface area contributed by atoms with Gasteiger partial charge >= 0.3 is 12.1 Å². The van der Waals surface area contributed by atoms with Crippen LogP contribution in [0.25, 0.3) is 11.0 Å². The fourth-order valence-corrected chi connectivity index (χ4v) is 2.22. The summed E-state index contributed by atoms with van der Waals surface area (Å²) < 4.78 is 15.4. The van der Waals surface area contributed by atoms with Crippen LogP contribution >= 0.6 is 0 Å². The summed E-state index contributed by atoms with van der Waals surface area (Å²) in [6.45, 7) is 0.0299. The fourth-order valence-electron chi connectivity index (χ4n) is 2.22. The largest absolute Gasteiger partial charge is 0.457 e. The van der Waals surface area contributed by atoms with Gasteiger partial charge in [-0.05, 0) is 30.3 Å². The molecule has 1 aromatic heterocycles. The van der Waals surface area contributed by atoms with E-state index < -0.39 is 12.1 Å². The number of ether oxygens (including phenoxy) is 2.